The van der Waals surface area contributed by atoms with Crippen molar-refractivity contribution in [3.63, 3.8) is 0 Å². The number of para-hydroxylation sites is 4. The van der Waals surface area contributed by atoms with E-state index < -0.39 is 0 Å². The van der Waals surface area contributed by atoms with E-state index in [4.69, 9.17) is 24.2 Å². The second-order valence-corrected chi connectivity index (χ2v) is 15.2. The van der Waals surface area contributed by atoms with Gasteiger partial charge in [-0.3, -0.25) is 9.59 Å². The Morgan fingerprint density at radius 2 is 0.762 bits per heavy atom. The molecule has 0 aliphatic heterocycles. The zero-order valence-electron chi connectivity index (χ0n) is 34.5. The molecule has 0 atom stereocenters. The Kier molecular flexibility index (Phi) is 11.3. The van der Waals surface area contributed by atoms with Gasteiger partial charge in [-0.2, -0.15) is 0 Å². The largest absolute Gasteiger partial charge is 0.377 e. The number of benzene rings is 4. The number of pyridine rings is 2. The predicted octanol–water partition coefficient (Wildman–Crippen LogP) is 9.03. The number of aromatic nitrogens is 6. The van der Waals surface area contributed by atoms with Gasteiger partial charge in [-0.25, -0.2) is 9.97 Å². The maximum Gasteiger partial charge on any atom is 0.277 e. The molecule has 0 saturated carbocycles. The van der Waals surface area contributed by atoms with E-state index in [2.05, 4.69) is 36.4 Å². The fraction of sp³-hybridized carbons (Fsp3) is 0.154. The molecule has 0 bridgehead atoms. The molecule has 0 spiro atoms. The van der Waals surface area contributed by atoms with E-state index in [1.165, 1.54) is 0 Å². The zero-order valence-corrected chi connectivity index (χ0v) is 34.5. The van der Waals surface area contributed by atoms with E-state index in [-0.39, 0.29) is 11.1 Å². The lowest BCUT2D eigenvalue weighted by atomic mass is 10.0. The number of hydrogen-bond donors (Lipinski definition) is 0. The number of ether oxygens (including phenoxy) is 3. The Bertz CT molecular complexity index is 3110. The van der Waals surface area contributed by atoms with Crippen LogP contribution in [0.15, 0.2) is 180 Å². The van der Waals surface area contributed by atoms with Crippen molar-refractivity contribution in [3.8, 4) is 44.8 Å². The van der Waals surface area contributed by atoms with Crippen molar-refractivity contribution in [2.75, 3.05) is 39.6 Å². The number of rotatable bonds is 16. The number of fused-ring (bicyclic) bond motifs is 4. The topological polar surface area (TPSA) is 106 Å². The van der Waals surface area contributed by atoms with Crippen molar-refractivity contribution in [2.24, 2.45) is 0 Å². The molecule has 11 nitrogen and oxygen atoms in total. The summed E-state index contributed by atoms with van der Waals surface area (Å²) in [6.45, 7) is 2.79. The van der Waals surface area contributed by atoms with Gasteiger partial charge in [0.1, 0.15) is 11.4 Å². The van der Waals surface area contributed by atoms with Gasteiger partial charge in [0.25, 0.3) is 11.1 Å². The van der Waals surface area contributed by atoms with Crippen LogP contribution in [0, 0.1) is 0 Å². The van der Waals surface area contributed by atoms with E-state index in [1.807, 2.05) is 143 Å². The van der Waals surface area contributed by atoms with E-state index >= 15 is 0 Å². The summed E-state index contributed by atoms with van der Waals surface area (Å²) in [4.78, 5) is 38.4. The minimum absolute atomic E-state index is 0.174. The summed E-state index contributed by atoms with van der Waals surface area (Å²) in [7, 11) is 0. The third kappa shape index (κ3) is 7.85. The van der Waals surface area contributed by atoms with Crippen molar-refractivity contribution >= 4 is 33.1 Å². The van der Waals surface area contributed by atoms with E-state index in [9.17, 15) is 9.59 Å². The molecule has 0 amide bonds. The van der Waals surface area contributed by atoms with Gasteiger partial charge in [0, 0.05) is 60.1 Å². The quantitative estimate of drug-likeness (QED) is 0.0895. The standard InChI is InChI=1S/C52H44N6O5/c59-51-49(39-35-55-25-13-11-23-45(55)47(39)37-15-3-1-4-16-37)53-41-19-7-9-21-43(41)57(51)27-29-61-31-33-63-34-32-62-30-28-58-44-22-10-8-20-42(44)54-50(52(58)60)40-36-56-26-14-12-24-46(56)48(40)38-17-5-2-6-18-38/h1-26,35-36H,27-34H2. The van der Waals surface area contributed by atoms with Crippen LogP contribution >= 0.6 is 0 Å². The van der Waals surface area contributed by atoms with Gasteiger partial charge < -0.3 is 32.1 Å². The molecule has 0 aliphatic rings. The molecule has 0 N–H and O–H groups in total. The Morgan fingerprint density at radius 3 is 1.21 bits per heavy atom. The summed E-state index contributed by atoms with van der Waals surface area (Å²) < 4.78 is 25.4. The molecule has 0 unspecified atom stereocenters. The SMILES string of the molecule is O=c1c(-c2cn3ccccc3c2-c2ccccc2)nc2ccccc2n1CCOCCOCCOCCn1c(=O)c(-c2cn3ccccc3c2-c2ccccc2)nc2ccccc21. The monoisotopic (exact) mass is 832 g/mol. The smallest absolute Gasteiger partial charge is 0.277 e. The number of nitrogens with zero attached hydrogens (tertiary/aromatic N) is 6. The highest BCUT2D eigenvalue weighted by Crippen LogP contribution is 2.37. The van der Waals surface area contributed by atoms with Crippen LogP contribution in [0.5, 0.6) is 0 Å². The summed E-state index contributed by atoms with van der Waals surface area (Å²) in [6, 6.07) is 47.7. The lowest BCUT2D eigenvalue weighted by Gasteiger charge is -2.14. The minimum Gasteiger partial charge on any atom is -0.377 e. The first-order valence-electron chi connectivity index (χ1n) is 21.2. The highest BCUT2D eigenvalue weighted by atomic mass is 16.5. The summed E-state index contributed by atoms with van der Waals surface area (Å²) in [6.07, 6.45) is 7.96. The van der Waals surface area contributed by atoms with Gasteiger partial charge in [-0.05, 0) is 59.7 Å². The Balaban J connectivity index is 0.764. The van der Waals surface area contributed by atoms with Crippen LogP contribution in [-0.2, 0) is 27.3 Å². The highest BCUT2D eigenvalue weighted by molar-refractivity contribution is 5.96. The molecule has 10 rings (SSSR count). The predicted molar refractivity (Wildman–Crippen MR) is 248 cm³/mol. The van der Waals surface area contributed by atoms with Gasteiger partial charge >= 0.3 is 0 Å². The van der Waals surface area contributed by atoms with Crippen LogP contribution in [0.4, 0.5) is 0 Å². The highest BCUT2D eigenvalue weighted by Gasteiger charge is 2.22. The molecule has 0 aliphatic carbocycles. The summed E-state index contributed by atoms with van der Waals surface area (Å²) in [5.74, 6) is 0. The second kappa shape index (κ2) is 17.9. The lowest BCUT2D eigenvalue weighted by molar-refractivity contribution is 0.0119. The first-order chi connectivity index (χ1) is 31.1. The van der Waals surface area contributed by atoms with Crippen LogP contribution in [0.2, 0.25) is 0 Å². The zero-order chi connectivity index (χ0) is 42.5. The second-order valence-electron chi connectivity index (χ2n) is 15.2. The molecule has 0 radical (unpaired) electrons. The minimum atomic E-state index is -0.174. The first kappa shape index (κ1) is 39.7. The van der Waals surface area contributed by atoms with Crippen molar-refractivity contribution in [2.45, 2.75) is 13.1 Å². The first-order valence-corrected chi connectivity index (χ1v) is 21.2. The molecule has 0 saturated heterocycles. The van der Waals surface area contributed by atoms with E-state index in [1.54, 1.807) is 9.13 Å². The fourth-order valence-electron chi connectivity index (χ4n) is 8.45. The Hall–Kier alpha value is -7.44. The van der Waals surface area contributed by atoms with Gasteiger partial charge in [-0.15, -0.1) is 0 Å². The van der Waals surface area contributed by atoms with Gasteiger partial charge in [0.15, 0.2) is 0 Å². The maximum atomic E-state index is 14.3. The normalized spacial score (nSPS) is 11.7. The van der Waals surface area contributed by atoms with Crippen molar-refractivity contribution in [1.29, 1.82) is 0 Å². The average Bonchev–Trinajstić information content (AvgIpc) is 3.91. The molecule has 312 valence electrons. The van der Waals surface area contributed by atoms with E-state index in [0.717, 1.165) is 66.5 Å². The molecule has 6 heterocycles. The molecule has 4 aromatic carbocycles. The third-order valence-corrected chi connectivity index (χ3v) is 11.4. The third-order valence-electron chi connectivity index (χ3n) is 11.4. The van der Waals surface area contributed by atoms with Crippen LogP contribution < -0.4 is 11.1 Å². The van der Waals surface area contributed by atoms with Crippen LogP contribution in [0.3, 0.4) is 0 Å². The van der Waals surface area contributed by atoms with Crippen molar-refractivity contribution in [1.82, 2.24) is 27.9 Å². The molecular formula is C52H44N6O5. The lowest BCUT2D eigenvalue weighted by Crippen LogP contribution is -2.26. The Morgan fingerprint density at radius 1 is 0.397 bits per heavy atom. The number of hydrogen-bond acceptors (Lipinski definition) is 7. The van der Waals surface area contributed by atoms with Crippen molar-refractivity contribution < 1.29 is 14.2 Å². The molecule has 10 aromatic rings. The van der Waals surface area contributed by atoms with E-state index in [0.29, 0.717) is 64.1 Å². The van der Waals surface area contributed by atoms with Crippen LogP contribution in [0.25, 0.3) is 77.9 Å². The summed E-state index contributed by atoms with van der Waals surface area (Å²) >= 11 is 0. The van der Waals surface area contributed by atoms with Crippen LogP contribution in [0.1, 0.15) is 0 Å². The molecular weight excluding hydrogens is 789 g/mol. The fourth-order valence-corrected chi connectivity index (χ4v) is 8.45. The average molecular weight is 833 g/mol. The van der Waals surface area contributed by atoms with Gasteiger partial charge in [0.05, 0.1) is 72.7 Å². The molecule has 11 heteroatoms. The van der Waals surface area contributed by atoms with Crippen molar-refractivity contribution in [3.05, 3.63) is 191 Å². The Labute approximate surface area is 362 Å². The molecule has 63 heavy (non-hydrogen) atoms. The maximum absolute atomic E-state index is 14.3. The van der Waals surface area contributed by atoms with Gasteiger partial charge in [-0.1, -0.05) is 97.1 Å². The summed E-state index contributed by atoms with van der Waals surface area (Å²) in [5.41, 5.74) is 10.9. The van der Waals surface area contributed by atoms with Gasteiger partial charge in [0.2, 0.25) is 0 Å². The summed E-state index contributed by atoms with van der Waals surface area (Å²) in [5, 5.41) is 0. The molecule has 0 fully saturated rings. The van der Waals surface area contributed by atoms with Crippen LogP contribution in [-0.4, -0.2) is 67.5 Å². The molecule has 6 aromatic heterocycles.